The van der Waals surface area contributed by atoms with Crippen LogP contribution in [0.5, 0.6) is 0 Å². The first kappa shape index (κ1) is 12.2. The normalized spacial score (nSPS) is 10.8. The van der Waals surface area contributed by atoms with Gasteiger partial charge in [0.15, 0.2) is 5.82 Å². The summed E-state index contributed by atoms with van der Waals surface area (Å²) in [6.07, 6.45) is 0. The summed E-state index contributed by atoms with van der Waals surface area (Å²) in [6.45, 7) is 2.89. The predicted octanol–water partition coefficient (Wildman–Crippen LogP) is 4.31. The number of halogens is 1. The van der Waals surface area contributed by atoms with Crippen molar-refractivity contribution < 1.29 is 0 Å². The third-order valence-electron chi connectivity index (χ3n) is 3.01. The number of hydrogen-bond acceptors (Lipinski definition) is 3. The topological polar surface area (TPSA) is 41.6 Å². The van der Waals surface area contributed by atoms with Crippen LogP contribution in [-0.4, -0.2) is 9.55 Å². The Morgan fingerprint density at radius 1 is 1.42 bits per heavy atom. The zero-order chi connectivity index (χ0) is 13.4. The van der Waals surface area contributed by atoms with Crippen LogP contribution in [0.1, 0.15) is 12.5 Å². The van der Waals surface area contributed by atoms with Gasteiger partial charge in [0.1, 0.15) is 0 Å². The molecule has 0 saturated carbocycles. The Balaban J connectivity index is 2.31. The molecule has 0 spiro atoms. The van der Waals surface area contributed by atoms with Gasteiger partial charge in [-0.2, -0.15) is 5.26 Å². The highest BCUT2D eigenvalue weighted by molar-refractivity contribution is 7.14. The Bertz CT molecular complexity index is 795. The molecule has 1 aromatic carbocycles. The summed E-state index contributed by atoms with van der Waals surface area (Å²) < 4.78 is 2.12. The van der Waals surface area contributed by atoms with E-state index in [0.29, 0.717) is 5.56 Å². The number of nitrogens with zero attached hydrogens (tertiary/aromatic N) is 3. The van der Waals surface area contributed by atoms with E-state index in [1.807, 2.05) is 29.6 Å². The lowest BCUT2D eigenvalue weighted by Gasteiger charge is -2.04. The van der Waals surface area contributed by atoms with Crippen LogP contribution in [0.4, 0.5) is 0 Å². The van der Waals surface area contributed by atoms with E-state index in [0.717, 1.165) is 33.3 Å². The second kappa shape index (κ2) is 4.69. The Morgan fingerprint density at radius 3 is 2.89 bits per heavy atom. The van der Waals surface area contributed by atoms with Crippen molar-refractivity contribution in [3.63, 3.8) is 0 Å². The van der Waals surface area contributed by atoms with Crippen LogP contribution >= 0.6 is 22.9 Å². The summed E-state index contributed by atoms with van der Waals surface area (Å²) >= 11 is 7.77. The quantitative estimate of drug-likeness (QED) is 0.705. The largest absolute Gasteiger partial charge is 0.324 e. The predicted molar refractivity (Wildman–Crippen MR) is 78.4 cm³/mol. The Kier molecular flexibility index (Phi) is 3.02. The number of aromatic nitrogens is 2. The standard InChI is InChI=1S/C14H10ClN3S/c1-2-18-12-4-3-9(8-16)7-11(12)17-14(18)13-10(15)5-6-19-13/h3-7H,2H2,1H3. The van der Waals surface area contributed by atoms with Crippen molar-refractivity contribution in [3.05, 3.63) is 40.2 Å². The fourth-order valence-electron chi connectivity index (χ4n) is 2.15. The van der Waals surface area contributed by atoms with E-state index in [2.05, 4.69) is 22.5 Å². The number of rotatable bonds is 2. The molecule has 0 bridgehead atoms. The Labute approximate surface area is 119 Å². The van der Waals surface area contributed by atoms with Crippen LogP contribution in [0.25, 0.3) is 21.7 Å². The molecule has 3 aromatic rings. The van der Waals surface area contributed by atoms with Crippen LogP contribution < -0.4 is 0 Å². The smallest absolute Gasteiger partial charge is 0.152 e. The second-order valence-electron chi connectivity index (χ2n) is 4.09. The van der Waals surface area contributed by atoms with Gasteiger partial charge in [-0.05, 0) is 36.6 Å². The van der Waals surface area contributed by atoms with Crippen LogP contribution in [0.2, 0.25) is 5.02 Å². The molecule has 0 radical (unpaired) electrons. The first-order valence-corrected chi connectivity index (χ1v) is 7.14. The van der Waals surface area contributed by atoms with E-state index in [1.165, 1.54) is 0 Å². The molecular weight excluding hydrogens is 278 g/mol. The number of thiophene rings is 1. The van der Waals surface area contributed by atoms with E-state index in [9.17, 15) is 0 Å². The number of aryl methyl sites for hydroxylation is 1. The maximum atomic E-state index is 8.95. The maximum Gasteiger partial charge on any atom is 0.152 e. The minimum Gasteiger partial charge on any atom is -0.324 e. The zero-order valence-electron chi connectivity index (χ0n) is 10.2. The van der Waals surface area contributed by atoms with Crippen LogP contribution in [0.15, 0.2) is 29.6 Å². The highest BCUT2D eigenvalue weighted by Crippen LogP contribution is 2.34. The summed E-state index contributed by atoms with van der Waals surface area (Å²) in [6, 6.07) is 9.58. The van der Waals surface area contributed by atoms with Gasteiger partial charge >= 0.3 is 0 Å². The van der Waals surface area contributed by atoms with Crippen LogP contribution in [-0.2, 0) is 6.54 Å². The molecule has 2 heterocycles. The van der Waals surface area contributed by atoms with Crippen molar-refractivity contribution in [2.24, 2.45) is 0 Å². The molecular formula is C14H10ClN3S. The molecule has 0 unspecified atom stereocenters. The van der Waals surface area contributed by atoms with Gasteiger partial charge in [-0.25, -0.2) is 4.98 Å². The molecule has 0 atom stereocenters. The lowest BCUT2D eigenvalue weighted by atomic mass is 10.2. The minimum absolute atomic E-state index is 0.622. The maximum absolute atomic E-state index is 8.95. The summed E-state index contributed by atoms with van der Waals surface area (Å²) in [5.41, 5.74) is 2.48. The molecule has 0 aliphatic rings. The van der Waals surface area contributed by atoms with E-state index in [4.69, 9.17) is 16.9 Å². The molecule has 3 nitrogen and oxygen atoms in total. The second-order valence-corrected chi connectivity index (χ2v) is 5.42. The van der Waals surface area contributed by atoms with Gasteiger partial charge in [-0.3, -0.25) is 0 Å². The summed E-state index contributed by atoms with van der Waals surface area (Å²) in [5, 5.41) is 11.6. The monoisotopic (exact) mass is 287 g/mol. The fraction of sp³-hybridized carbons (Fsp3) is 0.143. The van der Waals surface area contributed by atoms with Crippen molar-refractivity contribution >= 4 is 34.0 Å². The molecule has 3 rings (SSSR count). The van der Waals surface area contributed by atoms with Gasteiger partial charge in [0.05, 0.1) is 32.6 Å². The first-order chi connectivity index (χ1) is 9.24. The number of hydrogen-bond donors (Lipinski definition) is 0. The number of imidazole rings is 1. The van der Waals surface area contributed by atoms with E-state index < -0.39 is 0 Å². The van der Waals surface area contributed by atoms with E-state index in [-0.39, 0.29) is 0 Å². The van der Waals surface area contributed by atoms with Gasteiger partial charge in [-0.1, -0.05) is 11.6 Å². The third kappa shape index (κ3) is 1.92. The highest BCUT2D eigenvalue weighted by atomic mass is 35.5. The van der Waals surface area contributed by atoms with Crippen LogP contribution in [0, 0.1) is 11.3 Å². The summed E-state index contributed by atoms with van der Waals surface area (Å²) in [7, 11) is 0. The minimum atomic E-state index is 0.622. The lowest BCUT2D eigenvalue weighted by molar-refractivity contribution is 0.798. The van der Waals surface area contributed by atoms with E-state index >= 15 is 0 Å². The average Bonchev–Trinajstić information content (AvgIpc) is 3.00. The molecule has 19 heavy (non-hydrogen) atoms. The number of nitriles is 1. The third-order valence-corrected chi connectivity index (χ3v) is 4.35. The molecule has 2 aromatic heterocycles. The van der Waals surface area contributed by atoms with Gasteiger partial charge in [0.25, 0.3) is 0 Å². The van der Waals surface area contributed by atoms with Crippen molar-refractivity contribution in [2.75, 3.05) is 0 Å². The number of benzene rings is 1. The highest BCUT2D eigenvalue weighted by Gasteiger charge is 2.15. The molecule has 0 fully saturated rings. The summed E-state index contributed by atoms with van der Waals surface area (Å²) in [4.78, 5) is 5.60. The van der Waals surface area contributed by atoms with Gasteiger partial charge in [-0.15, -0.1) is 11.3 Å². The SMILES string of the molecule is CCn1c(-c2sccc2Cl)nc2cc(C#N)ccc21. The summed E-state index contributed by atoms with van der Waals surface area (Å²) in [5.74, 6) is 0.868. The van der Waals surface area contributed by atoms with Crippen molar-refractivity contribution in [3.8, 4) is 16.8 Å². The lowest BCUT2D eigenvalue weighted by Crippen LogP contribution is -1.96. The van der Waals surface area contributed by atoms with Crippen molar-refractivity contribution in [1.82, 2.24) is 9.55 Å². The van der Waals surface area contributed by atoms with Gasteiger partial charge in [0.2, 0.25) is 0 Å². The fourth-order valence-corrected chi connectivity index (χ4v) is 3.28. The molecule has 0 aliphatic heterocycles. The molecule has 94 valence electrons. The zero-order valence-corrected chi connectivity index (χ0v) is 11.8. The molecule has 0 saturated heterocycles. The van der Waals surface area contributed by atoms with Crippen molar-refractivity contribution in [1.29, 1.82) is 5.26 Å². The molecule has 0 N–H and O–H groups in total. The number of fused-ring (bicyclic) bond motifs is 1. The molecule has 0 amide bonds. The molecule has 5 heteroatoms. The molecule has 0 aliphatic carbocycles. The van der Waals surface area contributed by atoms with Crippen molar-refractivity contribution in [2.45, 2.75) is 13.5 Å². The van der Waals surface area contributed by atoms with E-state index in [1.54, 1.807) is 11.3 Å². The Hall–Kier alpha value is -1.83. The average molecular weight is 288 g/mol. The Morgan fingerprint density at radius 2 is 2.26 bits per heavy atom. The van der Waals surface area contributed by atoms with Crippen LogP contribution in [0.3, 0.4) is 0 Å². The van der Waals surface area contributed by atoms with Gasteiger partial charge in [0, 0.05) is 6.54 Å². The van der Waals surface area contributed by atoms with Gasteiger partial charge < -0.3 is 4.57 Å². The first-order valence-electron chi connectivity index (χ1n) is 5.88.